The second kappa shape index (κ2) is 3.41. The Kier molecular flexibility index (Phi) is 2.69. The minimum Gasteiger partial charge on any atom is -0.370 e. The van der Waals surface area contributed by atoms with Crippen LogP contribution in [0.25, 0.3) is 0 Å². The fourth-order valence-corrected chi connectivity index (χ4v) is 1.75. The quantitative estimate of drug-likeness (QED) is 0.527. The summed E-state index contributed by atoms with van der Waals surface area (Å²) in [6, 6.07) is 0.241. The number of amides is 1. The Morgan fingerprint density at radius 2 is 2.42 bits per heavy atom. The number of hydrogen-bond acceptors (Lipinski definition) is 3. The van der Waals surface area contributed by atoms with E-state index in [4.69, 9.17) is 11.5 Å². The van der Waals surface area contributed by atoms with E-state index in [0.717, 1.165) is 19.4 Å². The molecule has 1 aliphatic rings. The van der Waals surface area contributed by atoms with Gasteiger partial charge in [-0.1, -0.05) is 0 Å². The average Bonchev–Trinajstić information content (AvgIpc) is 2.32. The van der Waals surface area contributed by atoms with Crippen molar-refractivity contribution in [3.05, 3.63) is 0 Å². The van der Waals surface area contributed by atoms with Crippen molar-refractivity contribution in [3.63, 3.8) is 0 Å². The molecular formula is C8H17N3O. The Morgan fingerprint density at radius 3 is 2.83 bits per heavy atom. The first-order valence-electron chi connectivity index (χ1n) is 4.33. The van der Waals surface area contributed by atoms with Crippen LogP contribution in [0, 0.1) is 0 Å². The topological polar surface area (TPSA) is 81.1 Å². The van der Waals surface area contributed by atoms with Gasteiger partial charge in [-0.3, -0.25) is 4.79 Å². The molecule has 70 valence electrons. The summed E-state index contributed by atoms with van der Waals surface area (Å²) in [7, 11) is 0. The van der Waals surface area contributed by atoms with Crippen LogP contribution >= 0.6 is 0 Å². The summed E-state index contributed by atoms with van der Waals surface area (Å²) in [4.78, 5) is 10.7. The van der Waals surface area contributed by atoms with Gasteiger partial charge in [-0.05, 0) is 26.3 Å². The highest BCUT2D eigenvalue weighted by atomic mass is 16.1. The van der Waals surface area contributed by atoms with Crippen molar-refractivity contribution in [3.8, 4) is 0 Å². The van der Waals surface area contributed by atoms with Crippen molar-refractivity contribution in [2.24, 2.45) is 11.5 Å². The number of rotatable bonds is 3. The number of carbonyl (C=O) groups is 1. The average molecular weight is 171 g/mol. The lowest BCUT2D eigenvalue weighted by molar-refractivity contribution is -0.119. The molecule has 0 saturated carbocycles. The highest BCUT2D eigenvalue weighted by Gasteiger charge is 2.33. The summed E-state index contributed by atoms with van der Waals surface area (Å²) < 4.78 is 0. The van der Waals surface area contributed by atoms with Gasteiger partial charge in [0.1, 0.15) is 0 Å². The van der Waals surface area contributed by atoms with E-state index >= 15 is 0 Å². The molecule has 0 bridgehead atoms. The Balaban J connectivity index is 2.50. The maximum absolute atomic E-state index is 10.7. The molecule has 0 aromatic heterocycles. The SMILES string of the molecule is CC(N)(CC(N)=O)C1CCCN1. The van der Waals surface area contributed by atoms with Crippen LogP contribution < -0.4 is 16.8 Å². The predicted molar refractivity (Wildman–Crippen MR) is 47.4 cm³/mol. The molecular weight excluding hydrogens is 154 g/mol. The van der Waals surface area contributed by atoms with Gasteiger partial charge in [-0.25, -0.2) is 0 Å². The molecule has 0 aromatic rings. The van der Waals surface area contributed by atoms with Gasteiger partial charge < -0.3 is 16.8 Å². The summed E-state index contributed by atoms with van der Waals surface area (Å²) in [6.45, 7) is 2.87. The zero-order chi connectivity index (χ0) is 9.19. The minimum atomic E-state index is -0.484. The van der Waals surface area contributed by atoms with Gasteiger partial charge in [0.25, 0.3) is 0 Å². The highest BCUT2D eigenvalue weighted by Crippen LogP contribution is 2.19. The summed E-state index contributed by atoms with van der Waals surface area (Å²) in [5.74, 6) is -0.325. The van der Waals surface area contributed by atoms with Gasteiger partial charge in [0.15, 0.2) is 0 Å². The van der Waals surface area contributed by atoms with Crippen LogP contribution in [0.2, 0.25) is 0 Å². The van der Waals surface area contributed by atoms with E-state index in [-0.39, 0.29) is 18.4 Å². The third kappa shape index (κ3) is 2.19. The first-order chi connectivity index (χ1) is 5.52. The standard InChI is InChI=1S/C8H17N3O/c1-8(10,5-7(9)12)6-3-2-4-11-6/h6,11H,2-5,10H2,1H3,(H2,9,12). The molecule has 1 amide bonds. The summed E-state index contributed by atoms with van der Waals surface area (Å²) >= 11 is 0. The zero-order valence-electron chi connectivity index (χ0n) is 7.47. The van der Waals surface area contributed by atoms with Gasteiger partial charge in [-0.2, -0.15) is 0 Å². The molecule has 1 aliphatic heterocycles. The molecule has 2 atom stereocenters. The first kappa shape index (κ1) is 9.48. The van der Waals surface area contributed by atoms with Crippen molar-refractivity contribution in [2.45, 2.75) is 37.8 Å². The van der Waals surface area contributed by atoms with Gasteiger partial charge >= 0.3 is 0 Å². The second-order valence-electron chi connectivity index (χ2n) is 3.80. The molecule has 12 heavy (non-hydrogen) atoms. The third-order valence-electron chi connectivity index (χ3n) is 2.41. The summed E-state index contributed by atoms with van der Waals surface area (Å²) in [6.07, 6.45) is 2.43. The fourth-order valence-electron chi connectivity index (χ4n) is 1.75. The van der Waals surface area contributed by atoms with Crippen molar-refractivity contribution in [2.75, 3.05) is 6.54 Å². The van der Waals surface area contributed by atoms with Crippen molar-refractivity contribution in [1.29, 1.82) is 0 Å². The van der Waals surface area contributed by atoms with Crippen molar-refractivity contribution < 1.29 is 4.79 Å². The highest BCUT2D eigenvalue weighted by molar-refractivity contribution is 5.75. The van der Waals surface area contributed by atoms with Gasteiger partial charge in [-0.15, -0.1) is 0 Å². The summed E-state index contributed by atoms with van der Waals surface area (Å²) in [5, 5.41) is 3.27. The molecule has 1 saturated heterocycles. The third-order valence-corrected chi connectivity index (χ3v) is 2.41. The van der Waals surface area contributed by atoms with E-state index in [1.54, 1.807) is 0 Å². The number of hydrogen-bond donors (Lipinski definition) is 3. The van der Waals surface area contributed by atoms with E-state index in [1.165, 1.54) is 0 Å². The van der Waals surface area contributed by atoms with Crippen molar-refractivity contribution >= 4 is 5.91 Å². The number of primary amides is 1. The summed E-state index contributed by atoms with van der Waals surface area (Å²) in [5.41, 5.74) is 10.6. The van der Waals surface area contributed by atoms with Crippen LogP contribution in [0.15, 0.2) is 0 Å². The van der Waals surface area contributed by atoms with Crippen LogP contribution in [0.3, 0.4) is 0 Å². The predicted octanol–water partition coefficient (Wildman–Crippen LogP) is -0.669. The first-order valence-corrected chi connectivity index (χ1v) is 4.33. The molecule has 4 heteroatoms. The normalized spacial score (nSPS) is 28.3. The van der Waals surface area contributed by atoms with Crippen LogP contribution in [-0.4, -0.2) is 24.0 Å². The molecule has 4 nitrogen and oxygen atoms in total. The van der Waals surface area contributed by atoms with Gasteiger partial charge in [0.05, 0.1) is 0 Å². The Labute approximate surface area is 72.7 Å². The van der Waals surface area contributed by atoms with Crippen LogP contribution in [0.5, 0.6) is 0 Å². The van der Waals surface area contributed by atoms with E-state index in [9.17, 15) is 4.79 Å². The van der Waals surface area contributed by atoms with Gasteiger partial charge in [0, 0.05) is 18.0 Å². The smallest absolute Gasteiger partial charge is 0.219 e. The van der Waals surface area contributed by atoms with E-state index in [2.05, 4.69) is 5.32 Å². The number of nitrogens with one attached hydrogen (secondary N) is 1. The molecule has 1 fully saturated rings. The van der Waals surface area contributed by atoms with Crippen molar-refractivity contribution in [1.82, 2.24) is 5.32 Å². The minimum absolute atomic E-state index is 0.241. The lowest BCUT2D eigenvalue weighted by Crippen LogP contribution is -2.54. The molecule has 5 N–H and O–H groups in total. The largest absolute Gasteiger partial charge is 0.370 e. The maximum atomic E-state index is 10.7. The molecule has 2 unspecified atom stereocenters. The lowest BCUT2D eigenvalue weighted by Gasteiger charge is -2.30. The Hall–Kier alpha value is -0.610. The monoisotopic (exact) mass is 171 g/mol. The zero-order valence-corrected chi connectivity index (χ0v) is 7.47. The van der Waals surface area contributed by atoms with E-state index in [1.807, 2.05) is 6.92 Å². The lowest BCUT2D eigenvalue weighted by atomic mass is 9.88. The number of nitrogens with two attached hydrogens (primary N) is 2. The second-order valence-corrected chi connectivity index (χ2v) is 3.80. The molecule has 1 heterocycles. The van der Waals surface area contributed by atoms with Crippen LogP contribution in [0.4, 0.5) is 0 Å². The van der Waals surface area contributed by atoms with Crippen LogP contribution in [0.1, 0.15) is 26.2 Å². The van der Waals surface area contributed by atoms with Crippen LogP contribution in [-0.2, 0) is 4.79 Å². The molecule has 0 radical (unpaired) electrons. The molecule has 1 rings (SSSR count). The maximum Gasteiger partial charge on any atom is 0.219 e. The number of carbonyl (C=O) groups excluding carboxylic acids is 1. The molecule has 0 aromatic carbocycles. The Bertz CT molecular complexity index is 173. The Morgan fingerprint density at radius 1 is 1.75 bits per heavy atom. The molecule has 0 spiro atoms. The molecule has 0 aliphatic carbocycles. The van der Waals surface area contributed by atoms with E-state index in [0.29, 0.717) is 0 Å². The van der Waals surface area contributed by atoms with E-state index < -0.39 is 5.54 Å². The fraction of sp³-hybridized carbons (Fsp3) is 0.875. The van der Waals surface area contributed by atoms with Gasteiger partial charge in [0.2, 0.25) is 5.91 Å².